The second-order valence-corrected chi connectivity index (χ2v) is 2.79. The van der Waals surface area contributed by atoms with Gasteiger partial charge < -0.3 is 17.2 Å². The number of hydrogen-bond donors (Lipinski definition) is 3. The summed E-state index contributed by atoms with van der Waals surface area (Å²) in [6.45, 7) is 2.18. The molecule has 0 aromatic rings. The van der Waals surface area contributed by atoms with E-state index in [1.54, 1.807) is 0 Å². The van der Waals surface area contributed by atoms with Crippen LogP contribution < -0.4 is 17.2 Å². The molecule has 0 aliphatic rings. The fourth-order valence-electron chi connectivity index (χ4n) is 0.887. The van der Waals surface area contributed by atoms with E-state index in [1.807, 2.05) is 0 Å². The molecular weight excluding hydrogens is 138 g/mol. The third-order valence-electron chi connectivity index (χ3n) is 1.67. The lowest BCUT2D eigenvalue weighted by Crippen LogP contribution is -2.16. The standard InChI is InChI=1S/C8H19N3/c1-2-3-4-5-6-7(9)8(10)11/h2-6,9-11H2,1H3. The molecule has 6 N–H and O–H groups in total. The van der Waals surface area contributed by atoms with Gasteiger partial charge in [0.1, 0.15) is 5.82 Å². The monoisotopic (exact) mass is 157 g/mol. The van der Waals surface area contributed by atoms with Gasteiger partial charge in [-0.05, 0) is 12.8 Å². The molecule has 0 spiro atoms. The molecular formula is C8H19N3. The van der Waals surface area contributed by atoms with Crippen LogP contribution in [0.15, 0.2) is 11.5 Å². The Morgan fingerprint density at radius 3 is 2.09 bits per heavy atom. The van der Waals surface area contributed by atoms with Crippen molar-refractivity contribution in [2.45, 2.75) is 39.0 Å². The van der Waals surface area contributed by atoms with Crippen LogP contribution in [-0.4, -0.2) is 0 Å². The molecule has 11 heavy (non-hydrogen) atoms. The SMILES string of the molecule is CCCCCCC(N)=C(N)N. The lowest BCUT2D eigenvalue weighted by Gasteiger charge is -2.02. The van der Waals surface area contributed by atoms with Gasteiger partial charge >= 0.3 is 0 Å². The topological polar surface area (TPSA) is 78.1 Å². The molecule has 0 radical (unpaired) electrons. The molecule has 0 aromatic carbocycles. The Hall–Kier alpha value is -0.860. The zero-order chi connectivity index (χ0) is 8.69. The van der Waals surface area contributed by atoms with E-state index in [1.165, 1.54) is 19.3 Å². The van der Waals surface area contributed by atoms with Gasteiger partial charge in [-0.25, -0.2) is 0 Å². The van der Waals surface area contributed by atoms with Crippen molar-refractivity contribution < 1.29 is 0 Å². The normalized spacial score (nSPS) is 9.55. The van der Waals surface area contributed by atoms with Crippen LogP contribution in [0.25, 0.3) is 0 Å². The summed E-state index contributed by atoms with van der Waals surface area (Å²) in [6, 6.07) is 0. The second-order valence-electron chi connectivity index (χ2n) is 2.79. The molecule has 0 aromatic heterocycles. The van der Waals surface area contributed by atoms with Crippen molar-refractivity contribution in [1.29, 1.82) is 0 Å². The molecule has 0 atom stereocenters. The molecule has 3 heteroatoms. The Kier molecular flexibility index (Phi) is 5.43. The predicted octanol–water partition coefficient (Wildman–Crippen LogP) is 1.00. The van der Waals surface area contributed by atoms with Crippen molar-refractivity contribution in [3.63, 3.8) is 0 Å². The largest absolute Gasteiger partial charge is 0.399 e. The van der Waals surface area contributed by atoms with Crippen LogP contribution in [0.1, 0.15) is 39.0 Å². The molecule has 0 aliphatic carbocycles. The van der Waals surface area contributed by atoms with Crippen molar-refractivity contribution in [2.24, 2.45) is 17.2 Å². The third kappa shape index (κ3) is 5.58. The van der Waals surface area contributed by atoms with E-state index in [4.69, 9.17) is 17.2 Å². The minimum absolute atomic E-state index is 0.279. The van der Waals surface area contributed by atoms with Gasteiger partial charge in [0.2, 0.25) is 0 Å². The van der Waals surface area contributed by atoms with Crippen molar-refractivity contribution in [3.8, 4) is 0 Å². The van der Waals surface area contributed by atoms with Gasteiger partial charge in [-0.3, -0.25) is 0 Å². The summed E-state index contributed by atoms with van der Waals surface area (Å²) in [4.78, 5) is 0. The summed E-state index contributed by atoms with van der Waals surface area (Å²) in [5, 5.41) is 0. The summed E-state index contributed by atoms with van der Waals surface area (Å²) < 4.78 is 0. The van der Waals surface area contributed by atoms with Gasteiger partial charge in [0.15, 0.2) is 0 Å². The Morgan fingerprint density at radius 2 is 1.64 bits per heavy atom. The smallest absolute Gasteiger partial charge is 0.113 e. The van der Waals surface area contributed by atoms with Crippen LogP contribution >= 0.6 is 0 Å². The molecule has 0 bridgehead atoms. The van der Waals surface area contributed by atoms with E-state index in [-0.39, 0.29) is 5.82 Å². The average Bonchev–Trinajstić information content (AvgIpc) is 1.97. The highest BCUT2D eigenvalue weighted by Gasteiger charge is 1.94. The van der Waals surface area contributed by atoms with Crippen molar-refractivity contribution >= 4 is 0 Å². The van der Waals surface area contributed by atoms with E-state index >= 15 is 0 Å². The Balaban J connectivity index is 3.32. The lowest BCUT2D eigenvalue weighted by atomic mass is 10.1. The Morgan fingerprint density at radius 1 is 1.00 bits per heavy atom. The predicted molar refractivity (Wildman–Crippen MR) is 48.3 cm³/mol. The van der Waals surface area contributed by atoms with E-state index in [2.05, 4.69) is 6.92 Å². The lowest BCUT2D eigenvalue weighted by molar-refractivity contribution is 0.659. The Bertz CT molecular complexity index is 125. The summed E-state index contributed by atoms with van der Waals surface area (Å²) >= 11 is 0. The minimum atomic E-state index is 0.279. The second kappa shape index (κ2) is 5.89. The van der Waals surface area contributed by atoms with Crippen LogP contribution in [0.4, 0.5) is 0 Å². The van der Waals surface area contributed by atoms with Crippen LogP contribution in [0.2, 0.25) is 0 Å². The zero-order valence-electron chi connectivity index (χ0n) is 7.27. The molecule has 66 valence electrons. The molecule has 0 heterocycles. The zero-order valence-corrected chi connectivity index (χ0v) is 7.27. The van der Waals surface area contributed by atoms with Gasteiger partial charge in [0, 0.05) is 5.70 Å². The summed E-state index contributed by atoms with van der Waals surface area (Å²) in [7, 11) is 0. The summed E-state index contributed by atoms with van der Waals surface area (Å²) in [5.41, 5.74) is 16.7. The molecule has 0 fully saturated rings. The third-order valence-corrected chi connectivity index (χ3v) is 1.67. The molecule has 0 saturated heterocycles. The number of hydrogen-bond acceptors (Lipinski definition) is 3. The molecule has 0 amide bonds. The molecule has 0 unspecified atom stereocenters. The van der Waals surface area contributed by atoms with E-state index in [0.29, 0.717) is 5.70 Å². The molecule has 0 aliphatic heterocycles. The number of nitrogens with two attached hydrogens (primary N) is 3. The van der Waals surface area contributed by atoms with Gasteiger partial charge in [0.25, 0.3) is 0 Å². The molecule has 3 nitrogen and oxygen atoms in total. The van der Waals surface area contributed by atoms with E-state index < -0.39 is 0 Å². The van der Waals surface area contributed by atoms with Gasteiger partial charge in [-0.2, -0.15) is 0 Å². The number of rotatable bonds is 5. The fourth-order valence-corrected chi connectivity index (χ4v) is 0.887. The van der Waals surface area contributed by atoms with Crippen molar-refractivity contribution in [1.82, 2.24) is 0 Å². The first-order valence-corrected chi connectivity index (χ1v) is 4.18. The average molecular weight is 157 g/mol. The fraction of sp³-hybridized carbons (Fsp3) is 0.750. The molecule has 0 rings (SSSR count). The minimum Gasteiger partial charge on any atom is -0.399 e. The first kappa shape index (κ1) is 10.1. The Labute approximate surface area is 68.6 Å². The van der Waals surface area contributed by atoms with Crippen LogP contribution in [0, 0.1) is 0 Å². The van der Waals surface area contributed by atoms with Crippen LogP contribution in [0.3, 0.4) is 0 Å². The number of unbranched alkanes of at least 4 members (excludes halogenated alkanes) is 3. The maximum Gasteiger partial charge on any atom is 0.113 e. The van der Waals surface area contributed by atoms with Crippen LogP contribution in [0.5, 0.6) is 0 Å². The first-order valence-electron chi connectivity index (χ1n) is 4.18. The highest BCUT2D eigenvalue weighted by molar-refractivity contribution is 5.02. The van der Waals surface area contributed by atoms with Crippen molar-refractivity contribution in [2.75, 3.05) is 0 Å². The first-order chi connectivity index (χ1) is 5.18. The van der Waals surface area contributed by atoms with E-state index in [0.717, 1.165) is 12.8 Å². The van der Waals surface area contributed by atoms with Crippen LogP contribution in [-0.2, 0) is 0 Å². The quantitative estimate of drug-likeness (QED) is 0.521. The van der Waals surface area contributed by atoms with Gasteiger partial charge in [0.05, 0.1) is 0 Å². The molecule has 0 saturated carbocycles. The highest BCUT2D eigenvalue weighted by atomic mass is 14.8. The maximum atomic E-state index is 5.53. The highest BCUT2D eigenvalue weighted by Crippen LogP contribution is 2.05. The van der Waals surface area contributed by atoms with Gasteiger partial charge in [-0.15, -0.1) is 0 Å². The maximum absolute atomic E-state index is 5.53. The van der Waals surface area contributed by atoms with E-state index in [9.17, 15) is 0 Å². The summed E-state index contributed by atoms with van der Waals surface area (Å²) in [5.74, 6) is 0.279. The van der Waals surface area contributed by atoms with Crippen molar-refractivity contribution in [3.05, 3.63) is 11.5 Å². The summed E-state index contributed by atoms with van der Waals surface area (Å²) in [6.07, 6.45) is 5.64. The van der Waals surface area contributed by atoms with Gasteiger partial charge in [-0.1, -0.05) is 26.2 Å². The number of allylic oxidation sites excluding steroid dienone is 1.